The number of likely N-dealkylation sites (tertiary alicyclic amines) is 1. The van der Waals surface area contributed by atoms with E-state index in [1.807, 2.05) is 0 Å². The number of nitrogens with one attached hydrogen (secondary N) is 1. The molecular weight excluding hydrogens is 222 g/mol. The second kappa shape index (κ2) is 6.95. The largest absolute Gasteiger partial charge is 0.357 e. The molecule has 102 valence electrons. The van der Waals surface area contributed by atoms with Gasteiger partial charge in [-0.1, -0.05) is 6.42 Å². The molecule has 1 aromatic heterocycles. The van der Waals surface area contributed by atoms with Crippen molar-refractivity contribution in [2.45, 2.75) is 45.2 Å². The first-order valence-corrected chi connectivity index (χ1v) is 7.31. The van der Waals surface area contributed by atoms with E-state index in [2.05, 4.69) is 47.2 Å². The second-order valence-electron chi connectivity index (χ2n) is 5.60. The highest BCUT2D eigenvalue weighted by Crippen LogP contribution is 2.16. The van der Waals surface area contributed by atoms with Gasteiger partial charge in [-0.3, -0.25) is 0 Å². The van der Waals surface area contributed by atoms with Crippen LogP contribution in [0.15, 0.2) is 18.5 Å². The number of aromatic nitrogens is 1. The zero-order valence-electron chi connectivity index (χ0n) is 11.9. The average molecular weight is 249 g/mol. The summed E-state index contributed by atoms with van der Waals surface area (Å²) in [5, 5.41) is 3.53. The highest BCUT2D eigenvalue weighted by Gasteiger charge is 2.16. The average Bonchev–Trinajstić information content (AvgIpc) is 2.77. The van der Waals surface area contributed by atoms with Gasteiger partial charge in [0, 0.05) is 32.0 Å². The molecule has 1 aliphatic heterocycles. The number of aryl methyl sites for hydroxylation is 1. The lowest BCUT2D eigenvalue weighted by Gasteiger charge is -2.33. The summed E-state index contributed by atoms with van der Waals surface area (Å²) in [6.07, 6.45) is 9.74. The molecule has 1 aromatic rings. The Morgan fingerprint density at radius 2 is 2.28 bits per heavy atom. The summed E-state index contributed by atoms with van der Waals surface area (Å²) >= 11 is 0. The van der Waals surface area contributed by atoms with Gasteiger partial charge in [0.25, 0.3) is 0 Å². The van der Waals surface area contributed by atoms with Crippen molar-refractivity contribution in [1.29, 1.82) is 0 Å². The fraction of sp³-hybridized carbons (Fsp3) is 0.733. The zero-order valence-corrected chi connectivity index (χ0v) is 11.9. The summed E-state index contributed by atoms with van der Waals surface area (Å²) in [5.41, 5.74) is 1.38. The maximum absolute atomic E-state index is 3.53. The van der Waals surface area contributed by atoms with Crippen LogP contribution in [-0.2, 0) is 13.6 Å². The van der Waals surface area contributed by atoms with Gasteiger partial charge in [-0.25, -0.2) is 0 Å². The molecule has 1 atom stereocenters. The lowest BCUT2D eigenvalue weighted by Crippen LogP contribution is -2.38. The predicted molar refractivity (Wildman–Crippen MR) is 76.6 cm³/mol. The highest BCUT2D eigenvalue weighted by molar-refractivity contribution is 5.09. The Morgan fingerprint density at radius 3 is 3.00 bits per heavy atom. The molecule has 18 heavy (non-hydrogen) atoms. The van der Waals surface area contributed by atoms with Crippen LogP contribution in [-0.4, -0.2) is 35.1 Å². The van der Waals surface area contributed by atoms with E-state index in [-0.39, 0.29) is 0 Å². The van der Waals surface area contributed by atoms with Crippen molar-refractivity contribution in [2.75, 3.05) is 19.6 Å². The molecule has 1 aliphatic rings. The number of rotatable bonds is 6. The van der Waals surface area contributed by atoms with E-state index in [4.69, 9.17) is 0 Å². The monoisotopic (exact) mass is 249 g/mol. The van der Waals surface area contributed by atoms with Crippen LogP contribution in [0.5, 0.6) is 0 Å². The number of piperidine rings is 1. The fourth-order valence-electron chi connectivity index (χ4n) is 2.80. The van der Waals surface area contributed by atoms with Crippen LogP contribution >= 0.6 is 0 Å². The minimum absolute atomic E-state index is 0.799. The van der Waals surface area contributed by atoms with E-state index in [1.54, 1.807) is 0 Å². The van der Waals surface area contributed by atoms with Crippen molar-refractivity contribution in [3.8, 4) is 0 Å². The third-order valence-electron chi connectivity index (χ3n) is 3.96. The smallest absolute Gasteiger partial charge is 0.0220 e. The van der Waals surface area contributed by atoms with Gasteiger partial charge in [0.1, 0.15) is 0 Å². The molecule has 0 aliphatic carbocycles. The van der Waals surface area contributed by atoms with Crippen LogP contribution in [0.2, 0.25) is 0 Å². The topological polar surface area (TPSA) is 20.2 Å². The molecule has 0 amide bonds. The quantitative estimate of drug-likeness (QED) is 0.781. The number of hydrogen-bond donors (Lipinski definition) is 1. The van der Waals surface area contributed by atoms with Gasteiger partial charge in [0.2, 0.25) is 0 Å². The first-order chi connectivity index (χ1) is 8.75. The highest BCUT2D eigenvalue weighted by atomic mass is 15.2. The SMILES string of the molecule is CC1CCCCN1CCCNCc1ccn(C)c1. The van der Waals surface area contributed by atoms with Gasteiger partial charge in [0.15, 0.2) is 0 Å². The van der Waals surface area contributed by atoms with Crippen LogP contribution in [0, 0.1) is 0 Å². The second-order valence-corrected chi connectivity index (χ2v) is 5.60. The minimum atomic E-state index is 0.799. The Labute approximate surface area is 111 Å². The lowest BCUT2D eigenvalue weighted by molar-refractivity contribution is 0.159. The number of nitrogens with zero attached hydrogens (tertiary/aromatic N) is 2. The van der Waals surface area contributed by atoms with E-state index in [1.165, 1.54) is 44.3 Å². The van der Waals surface area contributed by atoms with Crippen LogP contribution in [0.1, 0.15) is 38.2 Å². The van der Waals surface area contributed by atoms with Crippen LogP contribution in [0.25, 0.3) is 0 Å². The van der Waals surface area contributed by atoms with Crippen molar-refractivity contribution < 1.29 is 0 Å². The molecule has 0 aromatic carbocycles. The molecule has 0 saturated carbocycles. The summed E-state index contributed by atoms with van der Waals surface area (Å²) in [6.45, 7) is 7.05. The molecule has 0 spiro atoms. The Kier molecular flexibility index (Phi) is 5.26. The van der Waals surface area contributed by atoms with Crippen LogP contribution < -0.4 is 5.32 Å². The normalized spacial score (nSPS) is 21.3. The van der Waals surface area contributed by atoms with E-state index < -0.39 is 0 Å². The standard InChI is InChI=1S/C15H27N3/c1-14-6-3-4-9-18(14)10-5-8-16-12-15-7-11-17(2)13-15/h7,11,13-14,16H,3-6,8-10,12H2,1-2H3. The Balaban J connectivity index is 1.55. The molecule has 1 unspecified atom stereocenters. The predicted octanol–water partition coefficient (Wildman–Crippen LogP) is 2.38. The molecule has 3 heteroatoms. The molecule has 2 heterocycles. The maximum Gasteiger partial charge on any atom is 0.0220 e. The molecule has 1 N–H and O–H groups in total. The summed E-state index contributed by atoms with van der Waals surface area (Å²) in [5.74, 6) is 0. The van der Waals surface area contributed by atoms with Crippen molar-refractivity contribution in [2.24, 2.45) is 7.05 Å². The van der Waals surface area contributed by atoms with E-state index >= 15 is 0 Å². The summed E-state index contributed by atoms with van der Waals surface area (Å²) < 4.78 is 2.10. The zero-order chi connectivity index (χ0) is 12.8. The summed E-state index contributed by atoms with van der Waals surface area (Å²) in [7, 11) is 2.07. The van der Waals surface area contributed by atoms with Crippen molar-refractivity contribution in [3.05, 3.63) is 24.0 Å². The molecule has 1 fully saturated rings. The molecule has 2 rings (SSSR count). The minimum Gasteiger partial charge on any atom is -0.357 e. The Hall–Kier alpha value is -0.800. The van der Waals surface area contributed by atoms with Gasteiger partial charge in [-0.05, 0) is 57.5 Å². The summed E-state index contributed by atoms with van der Waals surface area (Å²) in [6, 6.07) is 2.98. The lowest BCUT2D eigenvalue weighted by atomic mass is 10.0. The van der Waals surface area contributed by atoms with Gasteiger partial charge in [0.05, 0.1) is 0 Å². The van der Waals surface area contributed by atoms with Gasteiger partial charge < -0.3 is 14.8 Å². The third-order valence-corrected chi connectivity index (χ3v) is 3.96. The van der Waals surface area contributed by atoms with Crippen LogP contribution in [0.3, 0.4) is 0 Å². The number of hydrogen-bond acceptors (Lipinski definition) is 2. The van der Waals surface area contributed by atoms with Crippen molar-refractivity contribution >= 4 is 0 Å². The molecule has 3 nitrogen and oxygen atoms in total. The van der Waals surface area contributed by atoms with Gasteiger partial charge in [-0.15, -0.1) is 0 Å². The first-order valence-electron chi connectivity index (χ1n) is 7.31. The van der Waals surface area contributed by atoms with Gasteiger partial charge in [-0.2, -0.15) is 0 Å². The van der Waals surface area contributed by atoms with Crippen LogP contribution in [0.4, 0.5) is 0 Å². The van der Waals surface area contributed by atoms with Crippen molar-refractivity contribution in [3.63, 3.8) is 0 Å². The summed E-state index contributed by atoms with van der Waals surface area (Å²) in [4.78, 5) is 2.65. The first kappa shape index (κ1) is 13.6. The van der Waals surface area contributed by atoms with Crippen molar-refractivity contribution in [1.82, 2.24) is 14.8 Å². The molecule has 0 radical (unpaired) electrons. The van der Waals surface area contributed by atoms with Gasteiger partial charge >= 0.3 is 0 Å². The Bertz CT molecular complexity index is 345. The molecule has 1 saturated heterocycles. The maximum atomic E-state index is 3.53. The third kappa shape index (κ3) is 4.14. The fourth-order valence-corrected chi connectivity index (χ4v) is 2.80. The molecular formula is C15H27N3. The molecule has 0 bridgehead atoms. The van der Waals surface area contributed by atoms with E-state index in [0.717, 1.165) is 19.1 Å². The van der Waals surface area contributed by atoms with E-state index in [0.29, 0.717) is 0 Å². The van der Waals surface area contributed by atoms with E-state index in [9.17, 15) is 0 Å². The Morgan fingerprint density at radius 1 is 1.39 bits per heavy atom.